The first kappa shape index (κ1) is 18.9. The summed E-state index contributed by atoms with van der Waals surface area (Å²) in [6.07, 6.45) is 1.45. The summed E-state index contributed by atoms with van der Waals surface area (Å²) < 4.78 is 15.6. The average molecular weight is 372 g/mol. The lowest BCUT2D eigenvalue weighted by Crippen LogP contribution is -2.41. The lowest BCUT2D eigenvalue weighted by Gasteiger charge is -2.30. The van der Waals surface area contributed by atoms with Crippen molar-refractivity contribution in [2.45, 2.75) is 26.2 Å². The summed E-state index contributed by atoms with van der Waals surface area (Å²) in [6, 6.07) is 9.25. The Morgan fingerprint density at radius 2 is 2.04 bits per heavy atom. The normalized spacial score (nSPS) is 14.8. The van der Waals surface area contributed by atoms with Crippen LogP contribution in [-0.4, -0.2) is 48.7 Å². The van der Waals surface area contributed by atoms with Crippen molar-refractivity contribution in [3.05, 3.63) is 36.0 Å². The number of esters is 1. The molecule has 7 nitrogen and oxygen atoms in total. The number of likely N-dealkylation sites (tertiary alicyclic amines) is 1. The van der Waals surface area contributed by atoms with Crippen LogP contribution in [0.2, 0.25) is 0 Å². The molecule has 0 spiro atoms. The van der Waals surface area contributed by atoms with Crippen LogP contribution in [0, 0.1) is 5.92 Å². The first-order valence-corrected chi connectivity index (χ1v) is 9.15. The van der Waals surface area contributed by atoms with E-state index in [0.717, 1.165) is 11.3 Å². The first-order chi connectivity index (χ1) is 13.1. The Morgan fingerprint density at radius 3 is 2.74 bits per heavy atom. The highest BCUT2D eigenvalue weighted by molar-refractivity contribution is 5.79. The second-order valence-electron chi connectivity index (χ2n) is 6.50. The minimum atomic E-state index is -0.163. The lowest BCUT2D eigenvalue weighted by molar-refractivity contribution is -0.151. The van der Waals surface area contributed by atoms with Crippen LogP contribution in [-0.2, 0) is 20.7 Å². The zero-order valence-corrected chi connectivity index (χ0v) is 15.6. The van der Waals surface area contributed by atoms with Gasteiger partial charge in [-0.15, -0.1) is 0 Å². The minimum Gasteiger partial charge on any atom is -0.497 e. The number of aromatic nitrogens is 1. The molecule has 1 fully saturated rings. The van der Waals surface area contributed by atoms with Gasteiger partial charge in [0.2, 0.25) is 5.91 Å². The quantitative estimate of drug-likeness (QED) is 0.725. The van der Waals surface area contributed by atoms with Gasteiger partial charge in [-0.1, -0.05) is 17.3 Å². The monoisotopic (exact) mass is 372 g/mol. The van der Waals surface area contributed by atoms with Gasteiger partial charge >= 0.3 is 5.97 Å². The largest absolute Gasteiger partial charge is 0.497 e. The third kappa shape index (κ3) is 4.67. The Balaban J connectivity index is 1.56. The summed E-state index contributed by atoms with van der Waals surface area (Å²) in [6.45, 7) is 3.31. The van der Waals surface area contributed by atoms with E-state index in [-0.39, 0.29) is 24.2 Å². The number of carbonyl (C=O) groups is 2. The highest BCUT2D eigenvalue weighted by atomic mass is 16.5. The van der Waals surface area contributed by atoms with E-state index in [0.29, 0.717) is 44.0 Å². The Morgan fingerprint density at radius 1 is 1.26 bits per heavy atom. The number of hydrogen-bond acceptors (Lipinski definition) is 6. The van der Waals surface area contributed by atoms with Crippen LogP contribution in [0.1, 0.15) is 25.5 Å². The van der Waals surface area contributed by atoms with Crippen LogP contribution in [0.15, 0.2) is 34.9 Å². The van der Waals surface area contributed by atoms with Crippen LogP contribution in [0.5, 0.6) is 5.75 Å². The molecule has 1 aliphatic rings. The zero-order valence-electron chi connectivity index (χ0n) is 15.6. The van der Waals surface area contributed by atoms with E-state index in [1.807, 2.05) is 24.3 Å². The molecule has 1 amide bonds. The highest BCUT2D eigenvalue weighted by Crippen LogP contribution is 2.25. The van der Waals surface area contributed by atoms with Gasteiger partial charge in [0.05, 0.1) is 31.7 Å². The van der Waals surface area contributed by atoms with Gasteiger partial charge in [-0.05, 0) is 31.9 Å². The van der Waals surface area contributed by atoms with Crippen LogP contribution in [0.25, 0.3) is 11.3 Å². The van der Waals surface area contributed by atoms with Crippen molar-refractivity contribution in [3.63, 3.8) is 0 Å². The van der Waals surface area contributed by atoms with Crippen molar-refractivity contribution in [2.24, 2.45) is 5.92 Å². The number of hydrogen-bond donors (Lipinski definition) is 0. The number of carbonyl (C=O) groups excluding carboxylic acids is 2. The first-order valence-electron chi connectivity index (χ1n) is 9.15. The summed E-state index contributed by atoms with van der Waals surface area (Å²) >= 11 is 0. The summed E-state index contributed by atoms with van der Waals surface area (Å²) in [7, 11) is 1.61. The molecule has 2 aromatic rings. The van der Waals surface area contributed by atoms with E-state index in [9.17, 15) is 9.59 Å². The molecule has 3 rings (SSSR count). The number of amides is 1. The molecule has 0 N–H and O–H groups in total. The molecule has 0 atom stereocenters. The zero-order chi connectivity index (χ0) is 19.2. The predicted molar refractivity (Wildman–Crippen MR) is 98.1 cm³/mol. The maximum atomic E-state index is 12.5. The number of rotatable bonds is 6. The van der Waals surface area contributed by atoms with Crippen LogP contribution >= 0.6 is 0 Å². The SMILES string of the molecule is CCOC(=O)C1CCN(C(=O)Cc2cc(-c3cccc(OC)c3)on2)CC1. The van der Waals surface area contributed by atoms with Gasteiger partial charge in [0.25, 0.3) is 0 Å². The Bertz CT molecular complexity index is 793. The molecule has 1 aromatic carbocycles. The molecule has 1 saturated heterocycles. The smallest absolute Gasteiger partial charge is 0.309 e. The van der Waals surface area contributed by atoms with E-state index in [2.05, 4.69) is 5.16 Å². The van der Waals surface area contributed by atoms with Gasteiger partial charge < -0.3 is 18.9 Å². The van der Waals surface area contributed by atoms with Crippen LogP contribution in [0.3, 0.4) is 0 Å². The number of ether oxygens (including phenoxy) is 2. The van der Waals surface area contributed by atoms with Crippen molar-refractivity contribution in [2.75, 3.05) is 26.8 Å². The van der Waals surface area contributed by atoms with Crippen molar-refractivity contribution in [3.8, 4) is 17.1 Å². The molecule has 144 valence electrons. The van der Waals surface area contributed by atoms with E-state index in [1.165, 1.54) is 0 Å². The van der Waals surface area contributed by atoms with Crippen molar-refractivity contribution in [1.82, 2.24) is 10.1 Å². The van der Waals surface area contributed by atoms with Gasteiger partial charge in [0, 0.05) is 24.7 Å². The van der Waals surface area contributed by atoms with E-state index >= 15 is 0 Å². The summed E-state index contributed by atoms with van der Waals surface area (Å²) in [5.74, 6) is 1.04. The van der Waals surface area contributed by atoms with Crippen molar-refractivity contribution in [1.29, 1.82) is 0 Å². The summed E-state index contributed by atoms with van der Waals surface area (Å²) in [4.78, 5) is 26.1. The predicted octanol–water partition coefficient (Wildman–Crippen LogP) is 2.69. The molecule has 7 heteroatoms. The Hall–Kier alpha value is -2.83. The number of methoxy groups -OCH3 is 1. The fourth-order valence-electron chi connectivity index (χ4n) is 3.20. The van der Waals surface area contributed by atoms with Crippen molar-refractivity contribution >= 4 is 11.9 Å². The second kappa shape index (κ2) is 8.70. The van der Waals surface area contributed by atoms with Gasteiger partial charge in [-0.2, -0.15) is 0 Å². The highest BCUT2D eigenvalue weighted by Gasteiger charge is 2.28. The van der Waals surface area contributed by atoms with E-state index in [1.54, 1.807) is 25.0 Å². The molecule has 2 heterocycles. The third-order valence-electron chi connectivity index (χ3n) is 4.71. The van der Waals surface area contributed by atoms with Gasteiger partial charge in [-0.3, -0.25) is 9.59 Å². The van der Waals surface area contributed by atoms with Gasteiger partial charge in [0.15, 0.2) is 5.76 Å². The minimum absolute atomic E-state index is 0.0113. The van der Waals surface area contributed by atoms with E-state index in [4.69, 9.17) is 14.0 Å². The van der Waals surface area contributed by atoms with Crippen LogP contribution < -0.4 is 4.74 Å². The molecular formula is C20H24N2O5. The maximum absolute atomic E-state index is 12.5. The standard InChI is InChI=1S/C20H24N2O5/c1-3-26-20(24)14-7-9-22(10-8-14)19(23)13-16-12-18(27-21-16)15-5-4-6-17(11-15)25-2/h4-6,11-12,14H,3,7-10,13H2,1-2H3. The topological polar surface area (TPSA) is 81.9 Å². The lowest BCUT2D eigenvalue weighted by atomic mass is 9.96. The molecule has 0 radical (unpaired) electrons. The summed E-state index contributed by atoms with van der Waals surface area (Å²) in [5, 5.41) is 4.01. The maximum Gasteiger partial charge on any atom is 0.309 e. The fraction of sp³-hybridized carbons (Fsp3) is 0.450. The molecule has 1 aliphatic heterocycles. The third-order valence-corrected chi connectivity index (χ3v) is 4.71. The Labute approximate surface area is 158 Å². The molecule has 0 bridgehead atoms. The van der Waals surface area contributed by atoms with Crippen molar-refractivity contribution < 1.29 is 23.6 Å². The molecular weight excluding hydrogens is 348 g/mol. The van der Waals surface area contributed by atoms with Gasteiger partial charge in [-0.25, -0.2) is 0 Å². The second-order valence-corrected chi connectivity index (χ2v) is 6.50. The molecule has 0 aliphatic carbocycles. The summed E-state index contributed by atoms with van der Waals surface area (Å²) in [5.41, 5.74) is 1.43. The number of benzene rings is 1. The average Bonchev–Trinajstić information content (AvgIpc) is 3.17. The molecule has 27 heavy (non-hydrogen) atoms. The molecule has 0 unspecified atom stereocenters. The number of nitrogens with zero attached hydrogens (tertiary/aromatic N) is 2. The number of piperidine rings is 1. The molecule has 0 saturated carbocycles. The Kier molecular flexibility index (Phi) is 6.11. The van der Waals surface area contributed by atoms with Crippen LogP contribution in [0.4, 0.5) is 0 Å². The molecule has 1 aromatic heterocycles. The van der Waals surface area contributed by atoms with E-state index < -0.39 is 0 Å². The van der Waals surface area contributed by atoms with Gasteiger partial charge in [0.1, 0.15) is 5.75 Å². The fourth-order valence-corrected chi connectivity index (χ4v) is 3.20.